The SMILES string of the molecule is CCCCCC1CCC(C#Cc2ccc(C#CC3CCC(CCC)CC3)cc2)CC1. The lowest BCUT2D eigenvalue weighted by atomic mass is 9.80. The van der Waals surface area contributed by atoms with Crippen LogP contribution in [0.25, 0.3) is 0 Å². The summed E-state index contributed by atoms with van der Waals surface area (Å²) in [6, 6.07) is 8.63. The molecule has 30 heavy (non-hydrogen) atoms. The normalized spacial score (nSPS) is 26.2. The first kappa shape index (κ1) is 23.0. The minimum absolute atomic E-state index is 0.606. The molecule has 2 aliphatic carbocycles. The molecule has 0 heterocycles. The zero-order valence-corrected chi connectivity index (χ0v) is 19.5. The van der Waals surface area contributed by atoms with Crippen molar-refractivity contribution in [2.75, 3.05) is 0 Å². The molecule has 0 aromatic heterocycles. The highest BCUT2D eigenvalue weighted by molar-refractivity contribution is 5.42. The summed E-state index contributed by atoms with van der Waals surface area (Å²) in [5.41, 5.74) is 2.29. The third kappa shape index (κ3) is 7.88. The number of rotatable bonds is 6. The smallest absolute Gasteiger partial charge is 0.0246 e. The quantitative estimate of drug-likeness (QED) is 0.331. The second-order valence-corrected chi connectivity index (χ2v) is 9.84. The lowest BCUT2D eigenvalue weighted by Gasteiger charge is -2.25. The number of hydrogen-bond donors (Lipinski definition) is 0. The number of hydrogen-bond acceptors (Lipinski definition) is 0. The maximum atomic E-state index is 3.56. The zero-order chi connectivity index (χ0) is 21.0. The minimum atomic E-state index is 0.606. The van der Waals surface area contributed by atoms with Crippen LogP contribution in [0.3, 0.4) is 0 Å². The Balaban J connectivity index is 1.42. The first-order valence-electron chi connectivity index (χ1n) is 12.9. The molecule has 1 aromatic carbocycles. The first-order valence-corrected chi connectivity index (χ1v) is 12.9. The first-order chi connectivity index (χ1) is 14.8. The van der Waals surface area contributed by atoms with Crippen molar-refractivity contribution < 1.29 is 0 Å². The summed E-state index contributed by atoms with van der Waals surface area (Å²) in [6.07, 6.45) is 19.1. The Morgan fingerprint density at radius 1 is 0.600 bits per heavy atom. The van der Waals surface area contributed by atoms with Crippen LogP contribution in [0.1, 0.15) is 115 Å². The Morgan fingerprint density at radius 2 is 1.07 bits per heavy atom. The molecule has 0 aliphatic heterocycles. The molecule has 1 aromatic rings. The van der Waals surface area contributed by atoms with Crippen molar-refractivity contribution in [3.05, 3.63) is 35.4 Å². The molecule has 0 nitrogen and oxygen atoms in total. The van der Waals surface area contributed by atoms with Crippen molar-refractivity contribution in [2.45, 2.75) is 104 Å². The summed E-state index contributed by atoms with van der Waals surface area (Å²) in [6.45, 7) is 4.60. The van der Waals surface area contributed by atoms with Crippen molar-refractivity contribution in [2.24, 2.45) is 23.7 Å². The van der Waals surface area contributed by atoms with E-state index in [9.17, 15) is 0 Å². The minimum Gasteiger partial charge on any atom is -0.0945 e. The van der Waals surface area contributed by atoms with Gasteiger partial charge in [0.1, 0.15) is 0 Å². The van der Waals surface area contributed by atoms with Gasteiger partial charge in [-0.2, -0.15) is 0 Å². The van der Waals surface area contributed by atoms with Gasteiger partial charge in [0.2, 0.25) is 0 Å². The predicted molar refractivity (Wildman–Crippen MR) is 130 cm³/mol. The van der Waals surface area contributed by atoms with E-state index in [1.165, 1.54) is 89.9 Å². The lowest BCUT2D eigenvalue weighted by molar-refractivity contribution is 0.294. The molecule has 0 amide bonds. The summed E-state index contributed by atoms with van der Waals surface area (Å²) in [5.74, 6) is 17.1. The van der Waals surface area contributed by atoms with Crippen molar-refractivity contribution in [1.29, 1.82) is 0 Å². The van der Waals surface area contributed by atoms with Gasteiger partial charge >= 0.3 is 0 Å². The van der Waals surface area contributed by atoms with E-state index in [0.717, 1.165) is 23.0 Å². The fourth-order valence-electron chi connectivity index (χ4n) is 5.29. The Morgan fingerprint density at radius 3 is 1.50 bits per heavy atom. The van der Waals surface area contributed by atoms with Crippen LogP contribution in [0.4, 0.5) is 0 Å². The van der Waals surface area contributed by atoms with Crippen LogP contribution in [0.5, 0.6) is 0 Å². The summed E-state index contributed by atoms with van der Waals surface area (Å²) in [5, 5.41) is 0. The molecule has 3 rings (SSSR count). The molecule has 0 spiro atoms. The van der Waals surface area contributed by atoms with Crippen LogP contribution < -0.4 is 0 Å². The number of benzene rings is 1. The van der Waals surface area contributed by atoms with Crippen LogP contribution in [0.15, 0.2) is 24.3 Å². The van der Waals surface area contributed by atoms with Gasteiger partial charge in [0.25, 0.3) is 0 Å². The van der Waals surface area contributed by atoms with Gasteiger partial charge in [-0.05, 0) is 87.5 Å². The molecule has 2 saturated carbocycles. The molecule has 0 heteroatoms. The third-order valence-corrected chi connectivity index (χ3v) is 7.33. The zero-order valence-electron chi connectivity index (χ0n) is 19.5. The van der Waals surface area contributed by atoms with E-state index >= 15 is 0 Å². The second kappa shape index (κ2) is 12.9. The lowest BCUT2D eigenvalue weighted by Crippen LogP contribution is -2.13. The molecule has 0 N–H and O–H groups in total. The van der Waals surface area contributed by atoms with E-state index in [0.29, 0.717) is 11.8 Å². The molecule has 0 atom stereocenters. The van der Waals surface area contributed by atoms with Gasteiger partial charge in [0.05, 0.1) is 0 Å². The fraction of sp³-hybridized carbons (Fsp3) is 0.667. The maximum Gasteiger partial charge on any atom is 0.0246 e. The Hall–Kier alpha value is -1.66. The monoisotopic (exact) mass is 402 g/mol. The van der Waals surface area contributed by atoms with Crippen LogP contribution >= 0.6 is 0 Å². The van der Waals surface area contributed by atoms with E-state index in [1.807, 2.05) is 0 Å². The molecule has 0 radical (unpaired) electrons. The molecular weight excluding hydrogens is 360 g/mol. The highest BCUT2D eigenvalue weighted by atomic mass is 14.2. The van der Waals surface area contributed by atoms with Crippen LogP contribution in [-0.2, 0) is 0 Å². The van der Waals surface area contributed by atoms with E-state index in [2.05, 4.69) is 61.8 Å². The van der Waals surface area contributed by atoms with Crippen LogP contribution in [-0.4, -0.2) is 0 Å². The molecule has 2 aliphatic rings. The largest absolute Gasteiger partial charge is 0.0945 e. The number of unbranched alkanes of at least 4 members (excludes halogenated alkanes) is 2. The standard InChI is InChI=1S/C30H42/c1-3-5-6-8-26-11-15-28(16-12-26)18-20-30-23-21-29(22-24-30)19-17-27-13-9-25(7-4-2)10-14-27/h21-28H,3-16H2,1-2H3. The Kier molecular flexibility index (Phi) is 9.90. The summed E-state index contributed by atoms with van der Waals surface area (Å²) >= 11 is 0. The van der Waals surface area contributed by atoms with Gasteiger partial charge in [-0.15, -0.1) is 0 Å². The van der Waals surface area contributed by atoms with Crippen molar-refractivity contribution >= 4 is 0 Å². The van der Waals surface area contributed by atoms with E-state index in [1.54, 1.807) is 0 Å². The Labute approximate surface area is 186 Å². The average molecular weight is 403 g/mol. The van der Waals surface area contributed by atoms with Crippen molar-refractivity contribution in [1.82, 2.24) is 0 Å². The van der Waals surface area contributed by atoms with Crippen LogP contribution in [0, 0.1) is 47.4 Å². The van der Waals surface area contributed by atoms with Gasteiger partial charge in [-0.1, -0.05) is 76.1 Å². The molecule has 2 fully saturated rings. The van der Waals surface area contributed by atoms with Gasteiger partial charge in [0.15, 0.2) is 0 Å². The van der Waals surface area contributed by atoms with E-state index < -0.39 is 0 Å². The maximum absolute atomic E-state index is 3.56. The van der Waals surface area contributed by atoms with E-state index in [-0.39, 0.29) is 0 Å². The highest BCUT2D eigenvalue weighted by Gasteiger charge is 2.20. The van der Waals surface area contributed by atoms with Gasteiger partial charge in [-0.25, -0.2) is 0 Å². The third-order valence-electron chi connectivity index (χ3n) is 7.33. The summed E-state index contributed by atoms with van der Waals surface area (Å²) in [4.78, 5) is 0. The molecule has 0 bridgehead atoms. The average Bonchev–Trinajstić information content (AvgIpc) is 2.79. The topological polar surface area (TPSA) is 0 Å². The second-order valence-electron chi connectivity index (χ2n) is 9.84. The van der Waals surface area contributed by atoms with Gasteiger partial charge in [-0.3, -0.25) is 0 Å². The molecule has 0 unspecified atom stereocenters. The highest BCUT2D eigenvalue weighted by Crippen LogP contribution is 2.32. The summed E-state index contributed by atoms with van der Waals surface area (Å²) < 4.78 is 0. The molecule has 162 valence electrons. The molecule has 0 saturated heterocycles. The Bertz CT molecular complexity index is 716. The van der Waals surface area contributed by atoms with Gasteiger partial charge in [0, 0.05) is 23.0 Å². The molecular formula is C30H42. The fourth-order valence-corrected chi connectivity index (χ4v) is 5.29. The summed E-state index contributed by atoms with van der Waals surface area (Å²) in [7, 11) is 0. The van der Waals surface area contributed by atoms with Crippen molar-refractivity contribution in [3.8, 4) is 23.7 Å². The van der Waals surface area contributed by atoms with E-state index in [4.69, 9.17) is 0 Å². The predicted octanol–water partition coefficient (Wildman–Crippen LogP) is 8.38. The van der Waals surface area contributed by atoms with Crippen LogP contribution in [0.2, 0.25) is 0 Å². The van der Waals surface area contributed by atoms with Gasteiger partial charge < -0.3 is 0 Å². The van der Waals surface area contributed by atoms with Crippen molar-refractivity contribution in [3.63, 3.8) is 0 Å².